The lowest BCUT2D eigenvalue weighted by atomic mass is 9.80. The second kappa shape index (κ2) is 12.8. The summed E-state index contributed by atoms with van der Waals surface area (Å²) in [5.41, 5.74) is 37.0. The van der Waals surface area contributed by atoms with Gasteiger partial charge >= 0.3 is 0 Å². The highest BCUT2D eigenvalue weighted by Gasteiger charge is 2.32. The molecule has 10 aromatic rings. The van der Waals surface area contributed by atoms with Gasteiger partial charge < -0.3 is 32.4 Å². The number of hydrogen-bond acceptors (Lipinski definition) is 6. The fourth-order valence-corrected chi connectivity index (χ4v) is 9.53. The van der Waals surface area contributed by atoms with Crippen molar-refractivity contribution in [1.82, 2.24) is 0 Å². The van der Waals surface area contributed by atoms with Crippen molar-refractivity contribution >= 4 is 65.8 Å². The molecular weight excluding hydrogens is 737 g/mol. The Morgan fingerprint density at radius 2 is 0.533 bits per heavy atom. The van der Waals surface area contributed by atoms with E-state index in [1.807, 2.05) is 48.5 Å². The summed E-state index contributed by atoms with van der Waals surface area (Å²) in [7, 11) is 0. The number of benzene rings is 10. The highest BCUT2D eigenvalue weighted by atomic mass is 16.5. The van der Waals surface area contributed by atoms with Gasteiger partial charge in [0.2, 0.25) is 0 Å². The molecule has 2 heterocycles. The number of hydrogen-bond donors (Lipinski definition) is 4. The van der Waals surface area contributed by atoms with Gasteiger partial charge in [0, 0.05) is 56.8 Å². The first kappa shape index (κ1) is 34.1. The molecule has 0 atom stereocenters. The zero-order valence-corrected chi connectivity index (χ0v) is 32.4. The molecule has 6 nitrogen and oxygen atoms in total. The first-order chi connectivity index (χ1) is 29.3. The Balaban J connectivity index is 0.945. The quantitative estimate of drug-likeness (QED) is 0.133. The van der Waals surface area contributed by atoms with Crippen LogP contribution in [-0.4, -0.2) is 0 Å². The largest absolute Gasteiger partial charge is 0.457 e. The molecule has 0 radical (unpaired) electrons. The van der Waals surface area contributed by atoms with E-state index in [0.29, 0.717) is 0 Å². The second-order valence-corrected chi connectivity index (χ2v) is 16.3. The van der Waals surface area contributed by atoms with E-state index >= 15 is 0 Å². The number of nitrogens with two attached hydrogens (primary N) is 4. The van der Waals surface area contributed by atoms with Crippen LogP contribution in [0.3, 0.4) is 0 Å². The minimum Gasteiger partial charge on any atom is -0.457 e. The van der Waals surface area contributed by atoms with Gasteiger partial charge in [-0.25, -0.2) is 0 Å². The molecule has 10 aromatic carbocycles. The van der Waals surface area contributed by atoms with Gasteiger partial charge in [-0.2, -0.15) is 0 Å². The van der Waals surface area contributed by atoms with Crippen molar-refractivity contribution in [3.63, 3.8) is 0 Å². The minimum absolute atomic E-state index is 0.0663. The third-order valence-corrected chi connectivity index (χ3v) is 12.5. The maximum absolute atomic E-state index is 6.68. The molecule has 2 aliphatic rings. The summed E-state index contributed by atoms with van der Waals surface area (Å²) < 4.78 is 13.4. The van der Waals surface area contributed by atoms with E-state index in [-0.39, 0.29) is 11.8 Å². The highest BCUT2D eigenvalue weighted by Crippen LogP contribution is 2.52. The molecule has 0 aromatic heterocycles. The van der Waals surface area contributed by atoms with Crippen molar-refractivity contribution in [1.29, 1.82) is 0 Å². The molecule has 12 rings (SSSR count). The van der Waals surface area contributed by atoms with Gasteiger partial charge in [-0.05, 0) is 162 Å². The Morgan fingerprint density at radius 1 is 0.267 bits per heavy atom. The lowest BCUT2D eigenvalue weighted by Crippen LogP contribution is -2.12. The monoisotopic (exact) mass is 774 g/mol. The van der Waals surface area contributed by atoms with Gasteiger partial charge in [0.1, 0.15) is 23.0 Å². The summed E-state index contributed by atoms with van der Waals surface area (Å²) in [6.45, 7) is 0. The van der Waals surface area contributed by atoms with Crippen LogP contribution in [0.4, 0.5) is 22.7 Å². The van der Waals surface area contributed by atoms with Crippen LogP contribution in [0.5, 0.6) is 23.0 Å². The summed E-state index contributed by atoms with van der Waals surface area (Å²) >= 11 is 0. The molecular formula is C54H38N4O2. The molecule has 8 N–H and O–H groups in total. The molecule has 286 valence electrons. The number of rotatable bonds is 3. The fourth-order valence-electron chi connectivity index (χ4n) is 9.53. The van der Waals surface area contributed by atoms with Gasteiger partial charge in [0.25, 0.3) is 0 Å². The number of nitrogen functional groups attached to an aromatic ring is 4. The first-order valence-electron chi connectivity index (χ1n) is 20.2. The molecule has 0 unspecified atom stereocenters. The Morgan fingerprint density at radius 3 is 0.800 bits per heavy atom. The lowest BCUT2D eigenvalue weighted by molar-refractivity contribution is 0.454. The Bertz CT molecular complexity index is 3020. The molecule has 0 amide bonds. The number of ether oxygens (including phenoxy) is 2. The van der Waals surface area contributed by atoms with Crippen molar-refractivity contribution in [2.24, 2.45) is 0 Å². The van der Waals surface area contributed by atoms with Crippen LogP contribution in [0, 0.1) is 0 Å². The summed E-state index contributed by atoms with van der Waals surface area (Å²) in [6, 6.07) is 59.4. The van der Waals surface area contributed by atoms with Crippen molar-refractivity contribution in [3.05, 3.63) is 203 Å². The van der Waals surface area contributed by atoms with Gasteiger partial charge in [-0.3, -0.25) is 0 Å². The summed E-state index contributed by atoms with van der Waals surface area (Å²) in [5, 5.41) is 8.66. The van der Waals surface area contributed by atoms with Crippen LogP contribution in [0.25, 0.3) is 54.2 Å². The topological polar surface area (TPSA) is 123 Å². The third-order valence-electron chi connectivity index (χ3n) is 12.5. The van der Waals surface area contributed by atoms with Crippen LogP contribution < -0.4 is 32.4 Å². The molecule has 0 saturated carbocycles. The van der Waals surface area contributed by atoms with E-state index in [1.54, 1.807) is 0 Å². The summed E-state index contributed by atoms with van der Waals surface area (Å²) in [4.78, 5) is 0. The van der Waals surface area contributed by atoms with Crippen LogP contribution >= 0.6 is 0 Å². The molecule has 0 bridgehead atoms. The summed E-state index contributed by atoms with van der Waals surface area (Å²) in [6.07, 6.45) is 0. The number of fused-ring (bicyclic) bond motifs is 8. The van der Waals surface area contributed by atoms with Crippen LogP contribution in [0.15, 0.2) is 170 Å². The Labute approximate surface area is 346 Å². The number of anilines is 4. The van der Waals surface area contributed by atoms with E-state index in [2.05, 4.69) is 121 Å². The van der Waals surface area contributed by atoms with E-state index in [1.165, 1.54) is 11.1 Å². The fraction of sp³-hybridized carbons (Fsp3) is 0.0370. The highest BCUT2D eigenvalue weighted by molar-refractivity contribution is 5.93. The maximum atomic E-state index is 6.68. The van der Waals surface area contributed by atoms with Gasteiger partial charge in [0.05, 0.1) is 0 Å². The van der Waals surface area contributed by atoms with Crippen molar-refractivity contribution in [2.45, 2.75) is 11.8 Å². The van der Waals surface area contributed by atoms with Crippen molar-refractivity contribution in [2.75, 3.05) is 22.9 Å². The standard InChI is InChI=1S/C54H38N4O2/c55-41-13-9-33-25-49-45(21-37(33)17-41)53(46-22-38-18-42(56)14-10-34(38)26-50(46)59-49)31-5-1-29(2-6-31)30-3-7-32(8-4-30)54-47-23-39-19-43(57)15-11-35(39)27-51(47)60-52-28-36-12-16-44(58)20-40(36)24-48(52)54/h1-28,53-54H,55-58H2. The van der Waals surface area contributed by atoms with Gasteiger partial charge in [0.15, 0.2) is 0 Å². The molecule has 6 heteroatoms. The average Bonchev–Trinajstić information content (AvgIpc) is 3.25. The zero-order valence-electron chi connectivity index (χ0n) is 32.4. The van der Waals surface area contributed by atoms with Gasteiger partial charge in [-0.15, -0.1) is 0 Å². The van der Waals surface area contributed by atoms with E-state index < -0.39 is 0 Å². The van der Waals surface area contributed by atoms with Crippen molar-refractivity contribution in [3.8, 4) is 34.1 Å². The van der Waals surface area contributed by atoms with Gasteiger partial charge in [-0.1, -0.05) is 72.8 Å². The van der Waals surface area contributed by atoms with Crippen LogP contribution in [-0.2, 0) is 0 Å². The smallest absolute Gasteiger partial charge is 0.132 e. The normalized spacial score (nSPS) is 13.4. The van der Waals surface area contributed by atoms with E-state index in [4.69, 9.17) is 32.4 Å². The van der Waals surface area contributed by atoms with Crippen LogP contribution in [0.1, 0.15) is 45.2 Å². The van der Waals surface area contributed by atoms with E-state index in [0.717, 1.165) is 122 Å². The molecule has 0 saturated heterocycles. The minimum atomic E-state index is -0.0663. The van der Waals surface area contributed by atoms with Crippen molar-refractivity contribution < 1.29 is 9.47 Å². The predicted molar refractivity (Wildman–Crippen MR) is 247 cm³/mol. The van der Waals surface area contributed by atoms with E-state index in [9.17, 15) is 0 Å². The Hall–Kier alpha value is -7.96. The second-order valence-electron chi connectivity index (χ2n) is 16.3. The molecule has 2 aliphatic heterocycles. The predicted octanol–water partition coefficient (Wildman–Crippen LogP) is 12.9. The molecule has 0 fully saturated rings. The zero-order chi connectivity index (χ0) is 40.2. The lowest BCUT2D eigenvalue weighted by Gasteiger charge is -2.30. The molecule has 0 aliphatic carbocycles. The van der Waals surface area contributed by atoms with Crippen LogP contribution in [0.2, 0.25) is 0 Å². The third kappa shape index (κ3) is 5.49. The molecule has 60 heavy (non-hydrogen) atoms. The Kier molecular flexibility index (Phi) is 7.26. The summed E-state index contributed by atoms with van der Waals surface area (Å²) in [5.74, 6) is 3.27. The SMILES string of the molecule is Nc1ccc2cc3c(cc2c1)C(c1ccc(-c2ccc(C4c5cc6cc(N)ccc6cc5Oc5cc6ccc(N)cc6cc54)cc2)cc1)c1cc2cc(N)ccc2cc1O3. The molecule has 0 spiro atoms. The maximum Gasteiger partial charge on any atom is 0.132 e. The first-order valence-corrected chi connectivity index (χ1v) is 20.2. The average molecular weight is 775 g/mol.